The summed E-state index contributed by atoms with van der Waals surface area (Å²) in [6.07, 6.45) is 14.2. The van der Waals surface area contributed by atoms with Crippen molar-refractivity contribution in [2.75, 3.05) is 13.1 Å². The molecule has 0 bridgehead atoms. The molecule has 2 aliphatic carbocycles. The van der Waals surface area contributed by atoms with Crippen LogP contribution in [0.15, 0.2) is 18.2 Å². The fourth-order valence-electron chi connectivity index (χ4n) is 7.27. The van der Waals surface area contributed by atoms with E-state index in [1.54, 1.807) is 6.07 Å². The molecule has 0 radical (unpaired) electrons. The van der Waals surface area contributed by atoms with Crippen LogP contribution in [0.2, 0.25) is 5.02 Å². The summed E-state index contributed by atoms with van der Waals surface area (Å²) in [5.41, 5.74) is 1.16. The second kappa shape index (κ2) is 11.3. The number of piperidine rings is 1. The van der Waals surface area contributed by atoms with E-state index in [0.29, 0.717) is 51.9 Å². The van der Waals surface area contributed by atoms with Crippen molar-refractivity contribution in [2.24, 2.45) is 5.92 Å². The number of H-pyrrole nitrogens is 1. The first-order chi connectivity index (χ1) is 18.4. The molecule has 4 N–H and O–H groups in total. The van der Waals surface area contributed by atoms with Gasteiger partial charge in [-0.1, -0.05) is 56.5 Å². The van der Waals surface area contributed by atoms with Crippen LogP contribution < -0.4 is 10.6 Å². The Kier molecular flexibility index (Phi) is 7.98. The summed E-state index contributed by atoms with van der Waals surface area (Å²) in [6.45, 7) is 1.39. The molecule has 0 spiro atoms. The Balaban J connectivity index is 1.22. The molecule has 9 heteroatoms. The van der Waals surface area contributed by atoms with Crippen LogP contribution in [0.3, 0.4) is 0 Å². The molecule has 3 unspecified atom stereocenters. The van der Waals surface area contributed by atoms with Crippen molar-refractivity contribution in [1.82, 2.24) is 20.5 Å². The standard InChI is InChI=1S/C29H40ClFN4O2S/c30-23-12-19(31)13-24-22(23)16-25(33-24)27(37)35-11-10-29(18-8-6-4-2-1-3-5-7-9-18)26(17-35)38-28(34-29)32-20-14-21(36)15-20/h12-13,16,18,20-21,26,28,32-34,36H,1-11,14-15,17H2. The van der Waals surface area contributed by atoms with E-state index in [1.807, 2.05) is 16.7 Å². The summed E-state index contributed by atoms with van der Waals surface area (Å²) < 4.78 is 13.9. The van der Waals surface area contributed by atoms with E-state index in [4.69, 9.17) is 11.6 Å². The van der Waals surface area contributed by atoms with E-state index in [9.17, 15) is 14.3 Å². The van der Waals surface area contributed by atoms with Crippen molar-refractivity contribution in [3.05, 3.63) is 34.7 Å². The topological polar surface area (TPSA) is 80.4 Å². The van der Waals surface area contributed by atoms with Gasteiger partial charge in [-0.15, -0.1) is 11.8 Å². The van der Waals surface area contributed by atoms with Gasteiger partial charge in [0.15, 0.2) is 0 Å². The summed E-state index contributed by atoms with van der Waals surface area (Å²) >= 11 is 8.19. The number of aliphatic hydroxyl groups excluding tert-OH is 1. The Bertz CT molecular complexity index is 1150. The molecule has 1 aromatic carbocycles. The van der Waals surface area contributed by atoms with Crippen LogP contribution in [0.25, 0.3) is 10.9 Å². The normalized spacial score (nSPS) is 33.2. The van der Waals surface area contributed by atoms with E-state index in [-0.39, 0.29) is 23.0 Å². The van der Waals surface area contributed by atoms with Crippen LogP contribution >= 0.6 is 23.4 Å². The number of aromatic amines is 1. The lowest BCUT2D eigenvalue weighted by molar-refractivity contribution is 0.0485. The number of hydrogen-bond donors (Lipinski definition) is 4. The van der Waals surface area contributed by atoms with E-state index in [0.717, 1.165) is 19.3 Å². The van der Waals surface area contributed by atoms with Gasteiger partial charge in [0.05, 0.1) is 16.6 Å². The van der Waals surface area contributed by atoms with Crippen LogP contribution in [0, 0.1) is 11.7 Å². The minimum Gasteiger partial charge on any atom is -0.393 e. The number of aliphatic hydroxyl groups is 1. The first kappa shape index (κ1) is 26.9. The van der Waals surface area contributed by atoms with Crippen molar-refractivity contribution in [2.45, 2.75) is 105 Å². The zero-order chi connectivity index (χ0) is 26.3. The Labute approximate surface area is 233 Å². The SMILES string of the molecule is O=C(c1cc2c(Cl)cc(F)cc2[nH]1)N1CCC2(C3CCCCCCCCC3)NC(NC3CC(O)C3)SC2C1. The van der Waals surface area contributed by atoms with Gasteiger partial charge in [-0.25, -0.2) is 4.39 Å². The van der Waals surface area contributed by atoms with Gasteiger partial charge >= 0.3 is 0 Å². The Hall–Kier alpha value is -1.32. The number of carbonyl (C=O) groups is 1. The zero-order valence-electron chi connectivity index (χ0n) is 22.0. The highest BCUT2D eigenvalue weighted by Gasteiger charge is 2.55. The molecule has 208 valence electrons. The molecule has 38 heavy (non-hydrogen) atoms. The Morgan fingerprint density at radius 3 is 2.53 bits per heavy atom. The number of nitrogens with zero attached hydrogens (tertiary/aromatic N) is 1. The quantitative estimate of drug-likeness (QED) is 0.379. The number of carbonyl (C=O) groups excluding carboxylic acids is 1. The van der Waals surface area contributed by atoms with E-state index in [2.05, 4.69) is 15.6 Å². The maximum absolute atomic E-state index is 13.9. The van der Waals surface area contributed by atoms with Crippen LogP contribution in [0.4, 0.5) is 4.39 Å². The number of rotatable bonds is 4. The number of amides is 1. The van der Waals surface area contributed by atoms with Gasteiger partial charge in [0.25, 0.3) is 5.91 Å². The third-order valence-corrected chi connectivity index (χ3v) is 11.2. The summed E-state index contributed by atoms with van der Waals surface area (Å²) in [4.78, 5) is 18.7. The average molecular weight is 563 g/mol. The molecule has 2 saturated carbocycles. The molecule has 1 amide bonds. The first-order valence-corrected chi connectivity index (χ1v) is 15.9. The minimum atomic E-state index is -0.414. The van der Waals surface area contributed by atoms with Crippen molar-refractivity contribution in [3.8, 4) is 0 Å². The molecular weight excluding hydrogens is 523 g/mol. The maximum Gasteiger partial charge on any atom is 0.270 e. The number of benzene rings is 1. The lowest BCUT2D eigenvalue weighted by Gasteiger charge is -2.48. The molecule has 2 saturated heterocycles. The Morgan fingerprint density at radius 1 is 1.11 bits per heavy atom. The molecule has 1 aromatic heterocycles. The molecule has 2 aromatic rings. The fourth-order valence-corrected chi connectivity index (χ4v) is 9.30. The Morgan fingerprint density at radius 2 is 1.82 bits per heavy atom. The molecule has 3 atom stereocenters. The van der Waals surface area contributed by atoms with Gasteiger partial charge in [0.2, 0.25) is 0 Å². The lowest BCUT2D eigenvalue weighted by atomic mass is 9.71. The number of likely N-dealkylation sites (tertiary alicyclic amines) is 1. The van der Waals surface area contributed by atoms with E-state index < -0.39 is 5.82 Å². The van der Waals surface area contributed by atoms with Crippen LogP contribution in [0.1, 0.15) is 87.5 Å². The minimum absolute atomic E-state index is 0.00750. The monoisotopic (exact) mass is 562 g/mol. The van der Waals surface area contributed by atoms with Crippen LogP contribution in [-0.4, -0.2) is 62.4 Å². The zero-order valence-corrected chi connectivity index (χ0v) is 23.6. The van der Waals surface area contributed by atoms with E-state index >= 15 is 0 Å². The number of aromatic nitrogens is 1. The number of thioether (sulfide) groups is 1. The van der Waals surface area contributed by atoms with Crippen LogP contribution in [-0.2, 0) is 0 Å². The summed E-state index contributed by atoms with van der Waals surface area (Å²) in [6, 6.07) is 4.79. The van der Waals surface area contributed by atoms with Crippen molar-refractivity contribution in [1.29, 1.82) is 0 Å². The second-order valence-electron chi connectivity index (χ2n) is 12.0. The number of nitrogens with one attached hydrogen (secondary N) is 3. The predicted octanol–water partition coefficient (Wildman–Crippen LogP) is 5.79. The summed E-state index contributed by atoms with van der Waals surface area (Å²) in [5, 5.41) is 18.9. The average Bonchev–Trinajstić information content (AvgIpc) is 3.47. The highest BCUT2D eigenvalue weighted by atomic mass is 35.5. The highest BCUT2D eigenvalue weighted by Crippen LogP contribution is 2.48. The van der Waals surface area contributed by atoms with Crippen LogP contribution in [0.5, 0.6) is 0 Å². The molecular formula is C29H40ClFN4O2S. The van der Waals surface area contributed by atoms with Crippen molar-refractivity contribution in [3.63, 3.8) is 0 Å². The fraction of sp³-hybridized carbons (Fsp3) is 0.690. The number of hydrogen-bond acceptors (Lipinski definition) is 5. The molecule has 6 nitrogen and oxygen atoms in total. The van der Waals surface area contributed by atoms with Gasteiger partial charge in [0, 0.05) is 35.3 Å². The van der Waals surface area contributed by atoms with Gasteiger partial charge in [-0.2, -0.15) is 0 Å². The predicted molar refractivity (Wildman–Crippen MR) is 152 cm³/mol. The van der Waals surface area contributed by atoms with Gasteiger partial charge in [0.1, 0.15) is 17.0 Å². The van der Waals surface area contributed by atoms with Crippen molar-refractivity contribution < 1.29 is 14.3 Å². The largest absolute Gasteiger partial charge is 0.393 e. The number of fused-ring (bicyclic) bond motifs is 2. The van der Waals surface area contributed by atoms with E-state index in [1.165, 1.54) is 69.9 Å². The smallest absolute Gasteiger partial charge is 0.270 e. The summed E-state index contributed by atoms with van der Waals surface area (Å²) in [7, 11) is 0. The molecule has 4 aliphatic rings. The van der Waals surface area contributed by atoms with Gasteiger partial charge in [-0.05, 0) is 56.2 Å². The third-order valence-electron chi connectivity index (χ3n) is 9.46. The lowest BCUT2D eigenvalue weighted by Crippen LogP contribution is -2.64. The molecule has 3 heterocycles. The third kappa shape index (κ3) is 5.36. The van der Waals surface area contributed by atoms with Crippen molar-refractivity contribution >= 4 is 40.2 Å². The van der Waals surface area contributed by atoms with Gasteiger partial charge in [-0.3, -0.25) is 15.4 Å². The highest BCUT2D eigenvalue weighted by molar-refractivity contribution is 8.00. The number of halogens is 2. The summed E-state index contributed by atoms with van der Waals surface area (Å²) in [5.74, 6) is 0.142. The second-order valence-corrected chi connectivity index (χ2v) is 13.7. The molecule has 6 rings (SSSR count). The molecule has 4 fully saturated rings. The first-order valence-electron chi connectivity index (χ1n) is 14.6. The van der Waals surface area contributed by atoms with Gasteiger partial charge < -0.3 is 15.0 Å². The maximum atomic E-state index is 13.9. The molecule has 2 aliphatic heterocycles.